The topological polar surface area (TPSA) is 62.0 Å². The monoisotopic (exact) mass is 246 g/mol. The summed E-state index contributed by atoms with van der Waals surface area (Å²) >= 11 is -0.931. The molecule has 0 amide bonds. The summed E-state index contributed by atoms with van der Waals surface area (Å²) in [5.74, 6) is 0. The molecule has 4 heteroatoms. The highest BCUT2D eigenvalue weighted by atomic mass is 32.2. The first-order valence-corrected chi connectivity index (χ1v) is 6.85. The van der Waals surface area contributed by atoms with Gasteiger partial charge in [-0.15, -0.1) is 0 Å². The van der Waals surface area contributed by atoms with Crippen LogP contribution in [0, 0.1) is 0 Å². The first kappa shape index (κ1) is 12.1. The van der Waals surface area contributed by atoms with Crippen molar-refractivity contribution in [3.8, 4) is 11.1 Å². The highest BCUT2D eigenvalue weighted by Gasteiger charge is 2.04. The average Bonchev–Trinajstić information content (AvgIpc) is 2.39. The Balaban J connectivity index is 2.26. The molecule has 0 aliphatic carbocycles. The molecule has 2 rings (SSSR count). The summed E-state index contributed by atoms with van der Waals surface area (Å²) in [5.41, 5.74) is 8.47. The van der Waals surface area contributed by atoms with Crippen LogP contribution in [0.1, 0.15) is 5.69 Å². The molecule has 17 heavy (non-hydrogen) atoms. The molecule has 88 valence electrons. The van der Waals surface area contributed by atoms with Crippen LogP contribution in [0.2, 0.25) is 0 Å². The van der Waals surface area contributed by atoms with Gasteiger partial charge in [0.25, 0.3) is 0 Å². The number of nitrogens with two attached hydrogens (primary N) is 1. The molecule has 1 aromatic carbocycles. The quantitative estimate of drug-likeness (QED) is 0.842. The molecule has 3 nitrogen and oxygen atoms in total. The minimum atomic E-state index is -0.931. The number of aromatic nitrogens is 1. The van der Waals surface area contributed by atoms with Gasteiger partial charge in [0.2, 0.25) is 0 Å². The normalized spacial score (nSPS) is 12.4. The molecule has 0 aliphatic rings. The Labute approximate surface area is 104 Å². The van der Waals surface area contributed by atoms with Crippen LogP contribution in [-0.4, -0.2) is 15.8 Å². The number of hydrogen-bond donors (Lipinski definition) is 1. The summed E-state index contributed by atoms with van der Waals surface area (Å²) in [6.07, 6.45) is 3.48. The fourth-order valence-corrected chi connectivity index (χ4v) is 2.07. The van der Waals surface area contributed by atoms with Crippen molar-refractivity contribution in [1.29, 1.82) is 0 Å². The largest absolute Gasteiger partial charge is 0.612 e. The Bertz CT molecular complexity index is 480. The zero-order valence-electron chi connectivity index (χ0n) is 9.59. The third kappa shape index (κ3) is 2.85. The molecular weight excluding hydrogens is 232 g/mol. The van der Waals surface area contributed by atoms with Crippen molar-refractivity contribution >= 4 is 11.2 Å². The fraction of sp³-hybridized carbons (Fsp3) is 0.154. The number of benzene rings is 1. The second kappa shape index (κ2) is 5.31. The average molecular weight is 246 g/mol. The van der Waals surface area contributed by atoms with Gasteiger partial charge in [0, 0.05) is 18.3 Å². The van der Waals surface area contributed by atoms with Gasteiger partial charge in [0.15, 0.2) is 4.90 Å². The first-order valence-electron chi connectivity index (χ1n) is 5.29. The number of nitrogens with zero attached hydrogens (tertiary/aromatic N) is 1. The lowest BCUT2D eigenvalue weighted by Gasteiger charge is -2.06. The van der Waals surface area contributed by atoms with E-state index in [1.165, 1.54) is 0 Å². The van der Waals surface area contributed by atoms with E-state index >= 15 is 0 Å². The van der Waals surface area contributed by atoms with Crippen LogP contribution in [-0.2, 0) is 17.7 Å². The fourth-order valence-electron chi connectivity index (χ4n) is 1.56. The highest BCUT2D eigenvalue weighted by Crippen LogP contribution is 2.20. The van der Waals surface area contributed by atoms with E-state index in [2.05, 4.69) is 4.98 Å². The van der Waals surface area contributed by atoms with Crippen LogP contribution in [0.4, 0.5) is 0 Å². The third-order valence-corrected chi connectivity index (χ3v) is 3.49. The lowest BCUT2D eigenvalue weighted by atomic mass is 10.1. The van der Waals surface area contributed by atoms with Crippen molar-refractivity contribution in [3.05, 3.63) is 48.3 Å². The molecule has 0 aliphatic heterocycles. The molecule has 1 unspecified atom stereocenters. The summed E-state index contributed by atoms with van der Waals surface area (Å²) in [4.78, 5) is 5.08. The molecular formula is C13H14N2OS. The maximum atomic E-state index is 11.3. The molecule has 2 N–H and O–H groups in total. The molecule has 0 saturated heterocycles. The van der Waals surface area contributed by atoms with Gasteiger partial charge >= 0.3 is 0 Å². The zero-order chi connectivity index (χ0) is 12.3. The summed E-state index contributed by atoms with van der Waals surface area (Å²) in [6, 6.07) is 11.6. The van der Waals surface area contributed by atoms with Gasteiger partial charge in [0.1, 0.15) is 6.26 Å². The van der Waals surface area contributed by atoms with Crippen molar-refractivity contribution in [1.82, 2.24) is 4.98 Å². The second-order valence-electron chi connectivity index (χ2n) is 3.72. The molecule has 1 aromatic heterocycles. The van der Waals surface area contributed by atoms with Gasteiger partial charge in [-0.3, -0.25) is 4.98 Å². The Morgan fingerprint density at radius 2 is 1.76 bits per heavy atom. The lowest BCUT2D eigenvalue weighted by Crippen LogP contribution is -1.99. The highest BCUT2D eigenvalue weighted by molar-refractivity contribution is 7.90. The van der Waals surface area contributed by atoms with Crippen LogP contribution in [0.25, 0.3) is 11.1 Å². The van der Waals surface area contributed by atoms with E-state index in [9.17, 15) is 4.55 Å². The minimum absolute atomic E-state index is 0.452. The van der Waals surface area contributed by atoms with Gasteiger partial charge in [-0.25, -0.2) is 0 Å². The molecule has 0 bridgehead atoms. The molecule has 1 heterocycles. The van der Waals surface area contributed by atoms with E-state index in [1.54, 1.807) is 12.5 Å². The van der Waals surface area contributed by atoms with E-state index in [-0.39, 0.29) is 0 Å². The summed E-state index contributed by atoms with van der Waals surface area (Å²) in [5, 5.41) is 0. The van der Waals surface area contributed by atoms with Gasteiger partial charge in [-0.2, -0.15) is 0 Å². The number of hydrogen-bond acceptors (Lipinski definition) is 3. The van der Waals surface area contributed by atoms with Gasteiger partial charge in [-0.05, 0) is 47.1 Å². The van der Waals surface area contributed by atoms with Gasteiger partial charge in [-0.1, -0.05) is 6.07 Å². The number of pyridine rings is 1. The van der Waals surface area contributed by atoms with Crippen molar-refractivity contribution in [2.45, 2.75) is 11.4 Å². The zero-order valence-corrected chi connectivity index (χ0v) is 10.4. The summed E-state index contributed by atoms with van der Waals surface area (Å²) in [7, 11) is 0. The van der Waals surface area contributed by atoms with E-state index < -0.39 is 11.2 Å². The SMILES string of the molecule is C[S+]([O-])c1ccc(-c2ccc(CN)nc2)cc1. The summed E-state index contributed by atoms with van der Waals surface area (Å²) in [6.45, 7) is 0.452. The van der Waals surface area contributed by atoms with Gasteiger partial charge in [0.05, 0.1) is 5.69 Å². The van der Waals surface area contributed by atoms with Gasteiger partial charge < -0.3 is 10.3 Å². The van der Waals surface area contributed by atoms with E-state index in [0.29, 0.717) is 6.54 Å². The molecule has 1 atom stereocenters. The van der Waals surface area contributed by atoms with Crippen molar-refractivity contribution in [3.63, 3.8) is 0 Å². The van der Waals surface area contributed by atoms with Crippen LogP contribution in [0.5, 0.6) is 0 Å². The summed E-state index contributed by atoms with van der Waals surface area (Å²) < 4.78 is 11.3. The minimum Gasteiger partial charge on any atom is -0.612 e. The van der Waals surface area contributed by atoms with E-state index in [4.69, 9.17) is 5.73 Å². The van der Waals surface area contributed by atoms with Crippen LogP contribution in [0.15, 0.2) is 47.5 Å². The third-order valence-electron chi connectivity index (χ3n) is 2.55. The Morgan fingerprint density at radius 1 is 1.12 bits per heavy atom. The van der Waals surface area contributed by atoms with Crippen LogP contribution < -0.4 is 5.73 Å². The van der Waals surface area contributed by atoms with Crippen molar-refractivity contribution in [2.75, 3.05) is 6.26 Å². The molecule has 0 saturated carbocycles. The Kier molecular flexibility index (Phi) is 3.78. The van der Waals surface area contributed by atoms with Crippen molar-refractivity contribution < 1.29 is 4.55 Å². The van der Waals surface area contributed by atoms with Crippen LogP contribution >= 0.6 is 0 Å². The van der Waals surface area contributed by atoms with E-state index in [0.717, 1.165) is 21.7 Å². The Morgan fingerprint density at radius 3 is 2.24 bits per heavy atom. The molecule has 0 radical (unpaired) electrons. The predicted molar refractivity (Wildman–Crippen MR) is 69.9 cm³/mol. The Hall–Kier alpha value is -1.36. The maximum absolute atomic E-state index is 11.3. The molecule has 2 aromatic rings. The van der Waals surface area contributed by atoms with Crippen molar-refractivity contribution in [2.24, 2.45) is 5.73 Å². The smallest absolute Gasteiger partial charge is 0.152 e. The maximum Gasteiger partial charge on any atom is 0.152 e. The molecule has 0 fully saturated rings. The van der Waals surface area contributed by atoms with E-state index in [1.807, 2.05) is 36.4 Å². The second-order valence-corrected chi connectivity index (χ2v) is 5.10. The van der Waals surface area contributed by atoms with Crippen LogP contribution in [0.3, 0.4) is 0 Å². The first-order chi connectivity index (χ1) is 8.20. The molecule has 0 spiro atoms. The number of rotatable bonds is 3. The predicted octanol–water partition coefficient (Wildman–Crippen LogP) is 1.94. The lowest BCUT2D eigenvalue weighted by molar-refractivity contribution is 0.601. The standard InChI is InChI=1S/C13H14N2OS/c1-17(16)13-6-3-10(4-7-13)11-2-5-12(8-14)15-9-11/h2-7,9H,8,14H2,1H3.